The summed E-state index contributed by atoms with van der Waals surface area (Å²) in [7, 11) is 3.11. The minimum Gasteiger partial charge on any atom is -0.508 e. The van der Waals surface area contributed by atoms with Crippen LogP contribution in [0.1, 0.15) is 43.9 Å². The van der Waals surface area contributed by atoms with E-state index in [1.54, 1.807) is 14.1 Å². The van der Waals surface area contributed by atoms with Crippen molar-refractivity contribution in [2.24, 2.45) is 23.5 Å². The Bertz CT molecular complexity index is 1300. The molecule has 0 radical (unpaired) electrons. The van der Waals surface area contributed by atoms with Crippen molar-refractivity contribution in [1.82, 2.24) is 10.2 Å². The van der Waals surface area contributed by atoms with Gasteiger partial charge in [0, 0.05) is 29.1 Å². The zero-order chi connectivity index (χ0) is 28.4. The lowest BCUT2D eigenvalue weighted by Crippen LogP contribution is -2.65. The number of likely N-dealkylation sites (N-methyl/N-ethyl adjacent to an activating group) is 1. The summed E-state index contributed by atoms with van der Waals surface area (Å²) in [5.74, 6) is -6.52. The second kappa shape index (κ2) is 9.68. The molecule has 1 aromatic rings. The number of halogens is 1. The number of fused-ring (bicyclic) bond motifs is 3. The Morgan fingerprint density at radius 2 is 1.87 bits per heavy atom. The average molecular weight is 548 g/mol. The summed E-state index contributed by atoms with van der Waals surface area (Å²) >= 11 is 6.76. The summed E-state index contributed by atoms with van der Waals surface area (Å²) in [6, 6.07) is 0.465. The SMILES string of the molecule is CC(C)[C@@H](C)NCc1cc(O)c2c(c1Cl)C[C@H]1C[C@H]3[C@H](N(C)C)C(=O)C(C(N)=O)=C(O)[C@@]3(O)C(=O)C1=C2O. The topological polar surface area (TPSA) is 173 Å². The Hall–Kier alpha value is -2.92. The first-order chi connectivity index (χ1) is 17.6. The Labute approximate surface area is 225 Å². The first-order valence-electron chi connectivity index (χ1n) is 12.6. The maximum Gasteiger partial charge on any atom is 0.255 e. The van der Waals surface area contributed by atoms with Crippen LogP contribution in [0.5, 0.6) is 5.75 Å². The number of phenols is 1. The molecule has 0 heterocycles. The van der Waals surface area contributed by atoms with Gasteiger partial charge in [-0.05, 0) is 62.9 Å². The second-order valence-corrected chi connectivity index (χ2v) is 11.5. The van der Waals surface area contributed by atoms with E-state index in [2.05, 4.69) is 19.2 Å². The van der Waals surface area contributed by atoms with Gasteiger partial charge >= 0.3 is 0 Å². The van der Waals surface area contributed by atoms with Crippen molar-refractivity contribution in [3.8, 4) is 5.75 Å². The van der Waals surface area contributed by atoms with Crippen LogP contribution in [0.4, 0.5) is 0 Å². The summed E-state index contributed by atoms with van der Waals surface area (Å²) in [5.41, 5.74) is 2.67. The van der Waals surface area contributed by atoms with E-state index in [4.69, 9.17) is 17.3 Å². The van der Waals surface area contributed by atoms with E-state index < -0.39 is 58.0 Å². The van der Waals surface area contributed by atoms with Crippen molar-refractivity contribution >= 4 is 34.8 Å². The highest BCUT2D eigenvalue weighted by Crippen LogP contribution is 2.53. The van der Waals surface area contributed by atoms with Gasteiger partial charge in [-0.25, -0.2) is 0 Å². The molecule has 0 spiro atoms. The van der Waals surface area contributed by atoms with Gasteiger partial charge in [0.25, 0.3) is 5.91 Å². The van der Waals surface area contributed by atoms with E-state index in [1.807, 2.05) is 6.92 Å². The third-order valence-electron chi connectivity index (χ3n) is 8.34. The number of hydrogen-bond acceptors (Lipinski definition) is 9. The number of Topliss-reactive ketones (excluding diaryl/α,β-unsaturated/α-hetero) is 2. The number of nitrogens with one attached hydrogen (secondary N) is 1. The number of aliphatic hydroxyl groups is 3. The number of primary amides is 1. The Morgan fingerprint density at radius 1 is 1.24 bits per heavy atom. The fraction of sp³-hybridized carbons (Fsp3) is 0.519. The molecule has 4 rings (SSSR count). The van der Waals surface area contributed by atoms with Crippen LogP contribution in [0, 0.1) is 17.8 Å². The van der Waals surface area contributed by atoms with Crippen molar-refractivity contribution in [3.63, 3.8) is 0 Å². The van der Waals surface area contributed by atoms with Gasteiger partial charge in [0.1, 0.15) is 22.8 Å². The van der Waals surface area contributed by atoms with Crippen LogP contribution < -0.4 is 11.1 Å². The zero-order valence-electron chi connectivity index (χ0n) is 22.0. The summed E-state index contributed by atoms with van der Waals surface area (Å²) in [5, 5.41) is 48.3. The first kappa shape index (κ1) is 28.1. The number of rotatable bonds is 6. The van der Waals surface area contributed by atoms with Gasteiger partial charge in [-0.15, -0.1) is 0 Å². The van der Waals surface area contributed by atoms with Crippen molar-refractivity contribution in [2.75, 3.05) is 14.1 Å². The fourth-order valence-corrected chi connectivity index (χ4v) is 6.28. The number of amides is 1. The minimum absolute atomic E-state index is 0.00964. The van der Waals surface area contributed by atoms with Crippen LogP contribution in [0.15, 0.2) is 23.0 Å². The molecule has 5 atom stereocenters. The highest BCUT2D eigenvalue weighted by Gasteiger charge is 2.64. The maximum absolute atomic E-state index is 13.8. The molecule has 3 aliphatic carbocycles. The molecule has 206 valence electrons. The van der Waals surface area contributed by atoms with Crippen LogP contribution in [0.2, 0.25) is 5.02 Å². The standard InChI is InChI=1S/C27H34ClN3O7/c1-10(2)11(3)30-9-13-8-16(32)18-14(20(13)28)6-12-7-15-21(31(4)5)23(34)19(26(29)37)25(36)27(15,38)24(35)17(12)22(18)33/h8,10-12,15,21,30,32-33,36,38H,6-7,9H2,1-5H3,(H2,29,37)/t11-,12+,15+,21+,27+/m1/s1. The predicted octanol–water partition coefficient (Wildman–Crippen LogP) is 1.75. The van der Waals surface area contributed by atoms with E-state index in [-0.39, 0.29) is 35.8 Å². The number of hydrogen-bond donors (Lipinski definition) is 6. The molecule has 0 aromatic heterocycles. The first-order valence-corrected chi connectivity index (χ1v) is 12.9. The Balaban J connectivity index is 1.86. The van der Waals surface area contributed by atoms with Crippen molar-refractivity contribution in [3.05, 3.63) is 44.7 Å². The van der Waals surface area contributed by atoms with Crippen LogP contribution in [0.25, 0.3) is 5.76 Å². The lowest BCUT2D eigenvalue weighted by Gasteiger charge is -2.50. The van der Waals surface area contributed by atoms with E-state index >= 15 is 0 Å². The quantitative estimate of drug-likeness (QED) is 0.290. The molecule has 1 saturated carbocycles. The molecule has 1 fully saturated rings. The number of nitrogens with two attached hydrogens (primary N) is 1. The number of phenolic OH excluding ortho intramolecular Hbond substituents is 1. The van der Waals surface area contributed by atoms with Gasteiger partial charge in [0.05, 0.1) is 11.6 Å². The highest BCUT2D eigenvalue weighted by molar-refractivity contribution is 6.32. The molecule has 1 aromatic carbocycles. The second-order valence-electron chi connectivity index (χ2n) is 11.1. The number of carbonyl (C=O) groups excluding carboxylic acids is 3. The van der Waals surface area contributed by atoms with E-state index in [0.717, 1.165) is 0 Å². The third kappa shape index (κ3) is 4.02. The van der Waals surface area contributed by atoms with Crippen LogP contribution in [-0.4, -0.2) is 74.6 Å². The number of aliphatic hydroxyl groups excluding tert-OH is 2. The van der Waals surface area contributed by atoms with Gasteiger partial charge in [0.15, 0.2) is 11.4 Å². The number of ketones is 2. The van der Waals surface area contributed by atoms with Gasteiger partial charge in [-0.3, -0.25) is 19.3 Å². The number of nitrogens with zero attached hydrogens (tertiary/aromatic N) is 1. The van der Waals surface area contributed by atoms with Crippen molar-refractivity contribution < 1.29 is 34.8 Å². The third-order valence-corrected chi connectivity index (χ3v) is 8.81. The van der Waals surface area contributed by atoms with Crippen molar-refractivity contribution in [1.29, 1.82) is 0 Å². The Morgan fingerprint density at radius 3 is 2.42 bits per heavy atom. The lowest BCUT2D eigenvalue weighted by molar-refractivity contribution is -0.153. The summed E-state index contributed by atoms with van der Waals surface area (Å²) in [4.78, 5) is 40.5. The molecule has 11 heteroatoms. The smallest absolute Gasteiger partial charge is 0.255 e. The fourth-order valence-electron chi connectivity index (χ4n) is 5.98. The molecule has 10 nitrogen and oxygen atoms in total. The molecule has 1 amide bonds. The largest absolute Gasteiger partial charge is 0.508 e. The molecule has 38 heavy (non-hydrogen) atoms. The summed E-state index contributed by atoms with van der Waals surface area (Å²) in [6.07, 6.45) is 0.157. The highest BCUT2D eigenvalue weighted by atomic mass is 35.5. The summed E-state index contributed by atoms with van der Waals surface area (Å²) in [6.45, 7) is 6.55. The van der Waals surface area contributed by atoms with E-state index in [0.29, 0.717) is 28.6 Å². The van der Waals surface area contributed by atoms with Crippen molar-refractivity contribution in [2.45, 2.75) is 57.8 Å². The normalized spacial score (nSPS) is 28.0. The van der Waals surface area contributed by atoms with Crippen LogP contribution in [0.3, 0.4) is 0 Å². The Kier molecular flexibility index (Phi) is 7.15. The number of benzene rings is 1. The maximum atomic E-state index is 13.8. The van der Waals surface area contributed by atoms with Crippen LogP contribution >= 0.6 is 11.6 Å². The molecule has 7 N–H and O–H groups in total. The molecular formula is C27H34ClN3O7. The predicted molar refractivity (Wildman–Crippen MR) is 140 cm³/mol. The van der Waals surface area contributed by atoms with Crippen LogP contribution in [-0.2, 0) is 27.3 Å². The van der Waals surface area contributed by atoms with E-state index in [9.17, 15) is 34.8 Å². The lowest BCUT2D eigenvalue weighted by atomic mass is 9.57. The average Bonchev–Trinajstić information content (AvgIpc) is 2.81. The van der Waals surface area contributed by atoms with Gasteiger partial charge < -0.3 is 31.5 Å². The van der Waals surface area contributed by atoms with Gasteiger partial charge in [-0.2, -0.15) is 0 Å². The zero-order valence-corrected chi connectivity index (χ0v) is 22.8. The molecule has 0 unspecified atom stereocenters. The molecular weight excluding hydrogens is 514 g/mol. The van der Waals surface area contributed by atoms with Gasteiger partial charge in [-0.1, -0.05) is 25.4 Å². The van der Waals surface area contributed by atoms with Gasteiger partial charge in [0.2, 0.25) is 5.78 Å². The molecule has 0 bridgehead atoms. The number of carbonyl (C=O) groups is 3. The summed E-state index contributed by atoms with van der Waals surface area (Å²) < 4.78 is 0. The number of aromatic hydroxyl groups is 1. The molecule has 3 aliphatic rings. The monoisotopic (exact) mass is 547 g/mol. The molecule has 0 saturated heterocycles. The van der Waals surface area contributed by atoms with E-state index in [1.165, 1.54) is 11.0 Å². The minimum atomic E-state index is -2.67. The molecule has 0 aliphatic heterocycles.